The number of hydrogen-bond donors (Lipinski definition) is 3. The van der Waals surface area contributed by atoms with Crippen LogP contribution in [0.4, 0.5) is 10.5 Å². The van der Waals surface area contributed by atoms with Crippen LogP contribution in [0.15, 0.2) is 24.3 Å². The molecule has 1 aromatic carbocycles. The number of para-hydroxylation sites is 1. The van der Waals surface area contributed by atoms with Gasteiger partial charge >= 0.3 is 6.09 Å². The van der Waals surface area contributed by atoms with Crippen molar-refractivity contribution in [2.75, 3.05) is 11.9 Å². The van der Waals surface area contributed by atoms with E-state index in [2.05, 4.69) is 16.7 Å². The fourth-order valence-electron chi connectivity index (χ4n) is 6.47. The fourth-order valence-corrected chi connectivity index (χ4v) is 6.47. The molecule has 0 radical (unpaired) electrons. The van der Waals surface area contributed by atoms with Crippen molar-refractivity contribution in [2.24, 2.45) is 11.8 Å². The molecule has 3 fully saturated rings. The lowest BCUT2D eigenvalue weighted by Gasteiger charge is -2.45. The smallest absolute Gasteiger partial charge is 0.408 e. The van der Waals surface area contributed by atoms with Crippen molar-refractivity contribution in [3.63, 3.8) is 0 Å². The van der Waals surface area contributed by atoms with Gasteiger partial charge in [0.1, 0.15) is 18.1 Å². The van der Waals surface area contributed by atoms with Crippen LogP contribution in [0.25, 0.3) is 0 Å². The molecule has 5 rings (SSSR count). The van der Waals surface area contributed by atoms with Gasteiger partial charge in [0.2, 0.25) is 17.7 Å². The van der Waals surface area contributed by atoms with E-state index in [1.807, 2.05) is 24.3 Å². The van der Waals surface area contributed by atoms with Gasteiger partial charge in [0.25, 0.3) is 0 Å². The maximum absolute atomic E-state index is 14.0. The molecular weight excluding hydrogens is 498 g/mol. The Balaban J connectivity index is 1.41. The van der Waals surface area contributed by atoms with Gasteiger partial charge < -0.3 is 20.6 Å². The number of carbonyl (C=O) groups is 4. The number of amides is 4. The minimum absolute atomic E-state index is 0.0548. The Morgan fingerprint density at radius 2 is 1.92 bits per heavy atom. The van der Waals surface area contributed by atoms with Crippen LogP contribution in [-0.4, -0.2) is 68.9 Å². The number of nitriles is 1. The highest BCUT2D eigenvalue weighted by molar-refractivity contribution is 6.07. The van der Waals surface area contributed by atoms with E-state index in [9.17, 15) is 29.5 Å². The van der Waals surface area contributed by atoms with E-state index in [0.717, 1.165) is 37.7 Å². The standard InChI is InChI=1S/C29H37N5O5/c1-28(2,3)34(27(38)39)23(18-7-6-8-18)24(35)31-22(13-17-11-12-17)25(36)33-16-29(14-19(33)15-30)20-9-4-5-10-21(20)32-26(29)37/h4-5,9-10,17-19,22-23H,6-8,11-14,16H2,1-3H3,(H,31,35)(H,32,37)(H,38,39)/t19-,22-,23-,29-/m0/s1. The molecule has 208 valence electrons. The monoisotopic (exact) mass is 535 g/mol. The Hall–Kier alpha value is -3.61. The van der Waals surface area contributed by atoms with Crippen LogP contribution in [0.1, 0.15) is 71.3 Å². The van der Waals surface area contributed by atoms with Crippen LogP contribution in [0.5, 0.6) is 0 Å². The molecule has 4 aliphatic rings. The van der Waals surface area contributed by atoms with Crippen molar-refractivity contribution in [3.8, 4) is 6.07 Å². The first-order chi connectivity index (χ1) is 18.5. The van der Waals surface area contributed by atoms with Crippen LogP contribution in [-0.2, 0) is 19.8 Å². The molecule has 0 bridgehead atoms. The second-order valence-electron chi connectivity index (χ2n) is 12.6. The average Bonchev–Trinajstić information content (AvgIpc) is 3.50. The van der Waals surface area contributed by atoms with Gasteiger partial charge in [0.05, 0.1) is 11.5 Å². The highest BCUT2D eigenvalue weighted by Gasteiger charge is 2.57. The summed E-state index contributed by atoms with van der Waals surface area (Å²) in [4.78, 5) is 56.0. The maximum atomic E-state index is 14.0. The van der Waals surface area contributed by atoms with Crippen molar-refractivity contribution >= 4 is 29.5 Å². The zero-order valence-electron chi connectivity index (χ0n) is 22.8. The van der Waals surface area contributed by atoms with Gasteiger partial charge in [0.15, 0.2) is 0 Å². The molecule has 1 aromatic rings. The molecule has 2 saturated carbocycles. The minimum Gasteiger partial charge on any atom is -0.465 e. The molecule has 0 unspecified atom stereocenters. The summed E-state index contributed by atoms with van der Waals surface area (Å²) in [5, 5.41) is 25.9. The lowest BCUT2D eigenvalue weighted by Crippen LogP contribution is -2.62. The summed E-state index contributed by atoms with van der Waals surface area (Å²) in [5.41, 5.74) is -0.353. The van der Waals surface area contributed by atoms with E-state index in [1.165, 1.54) is 9.80 Å². The van der Waals surface area contributed by atoms with Gasteiger partial charge in [0, 0.05) is 24.2 Å². The van der Waals surface area contributed by atoms with Crippen LogP contribution >= 0.6 is 0 Å². The zero-order chi connectivity index (χ0) is 28.1. The number of fused-ring (bicyclic) bond motifs is 2. The second-order valence-corrected chi connectivity index (χ2v) is 12.6. The average molecular weight is 536 g/mol. The number of carbonyl (C=O) groups excluding carboxylic acids is 3. The number of carboxylic acid groups (broad SMARTS) is 1. The number of nitrogens with zero attached hydrogens (tertiary/aromatic N) is 3. The van der Waals surface area contributed by atoms with Crippen molar-refractivity contribution < 1.29 is 24.3 Å². The van der Waals surface area contributed by atoms with Gasteiger partial charge in [-0.2, -0.15) is 5.26 Å². The third-order valence-corrected chi connectivity index (χ3v) is 8.87. The first-order valence-corrected chi connectivity index (χ1v) is 13.9. The van der Waals surface area contributed by atoms with Crippen LogP contribution in [0.3, 0.4) is 0 Å². The summed E-state index contributed by atoms with van der Waals surface area (Å²) in [7, 11) is 0. The maximum Gasteiger partial charge on any atom is 0.408 e. The number of benzene rings is 1. The highest BCUT2D eigenvalue weighted by atomic mass is 16.4. The minimum atomic E-state index is -1.17. The summed E-state index contributed by atoms with van der Waals surface area (Å²) < 4.78 is 0. The molecule has 10 nitrogen and oxygen atoms in total. The Morgan fingerprint density at radius 1 is 1.23 bits per heavy atom. The first-order valence-electron chi connectivity index (χ1n) is 13.9. The van der Waals surface area contributed by atoms with Crippen LogP contribution in [0.2, 0.25) is 0 Å². The van der Waals surface area contributed by atoms with Crippen molar-refractivity contribution in [3.05, 3.63) is 29.8 Å². The summed E-state index contributed by atoms with van der Waals surface area (Å²) in [6.07, 6.45) is 3.78. The van der Waals surface area contributed by atoms with Crippen LogP contribution in [0, 0.1) is 23.2 Å². The topological polar surface area (TPSA) is 143 Å². The van der Waals surface area contributed by atoms with E-state index in [4.69, 9.17) is 0 Å². The number of rotatable bonds is 7. The van der Waals surface area contributed by atoms with Crippen molar-refractivity contribution in [2.45, 2.75) is 94.8 Å². The number of anilines is 1. The molecule has 1 spiro atoms. The predicted molar refractivity (Wildman–Crippen MR) is 142 cm³/mol. The molecule has 2 heterocycles. The molecule has 1 saturated heterocycles. The normalized spacial score (nSPS) is 25.7. The second kappa shape index (κ2) is 9.85. The van der Waals surface area contributed by atoms with Gasteiger partial charge in [-0.1, -0.05) is 37.5 Å². The van der Waals surface area contributed by atoms with Gasteiger partial charge in [-0.15, -0.1) is 0 Å². The molecule has 10 heteroatoms. The van der Waals surface area contributed by atoms with Gasteiger partial charge in [-0.3, -0.25) is 19.3 Å². The lowest BCUT2D eigenvalue weighted by molar-refractivity contribution is -0.140. The molecule has 4 amide bonds. The first kappa shape index (κ1) is 27.0. The Morgan fingerprint density at radius 3 is 2.49 bits per heavy atom. The van der Waals surface area contributed by atoms with Crippen molar-refractivity contribution in [1.29, 1.82) is 5.26 Å². The van der Waals surface area contributed by atoms with E-state index >= 15 is 0 Å². The summed E-state index contributed by atoms with van der Waals surface area (Å²) in [5.74, 6) is -0.914. The summed E-state index contributed by atoms with van der Waals surface area (Å²) in [6.45, 7) is 5.34. The van der Waals surface area contributed by atoms with Crippen molar-refractivity contribution in [1.82, 2.24) is 15.1 Å². The largest absolute Gasteiger partial charge is 0.465 e. The molecule has 2 aliphatic carbocycles. The number of hydrogen-bond acceptors (Lipinski definition) is 5. The van der Waals surface area contributed by atoms with Gasteiger partial charge in [-0.25, -0.2) is 4.79 Å². The molecule has 2 aliphatic heterocycles. The van der Waals surface area contributed by atoms with E-state index in [1.54, 1.807) is 20.8 Å². The molecule has 39 heavy (non-hydrogen) atoms. The fraction of sp³-hybridized carbons (Fsp3) is 0.621. The molecular formula is C29H37N5O5. The Bertz CT molecular complexity index is 1230. The molecule has 4 atom stereocenters. The SMILES string of the molecule is CC(C)(C)N(C(=O)O)[C@H](C(=O)N[C@@H](CC1CC1)C(=O)N1C[C@]2(C[C@H]1C#N)C(=O)Nc1ccccc12)C1CCC1. The Labute approximate surface area is 228 Å². The predicted octanol–water partition coefficient (Wildman–Crippen LogP) is 3.23. The summed E-state index contributed by atoms with van der Waals surface area (Å²) >= 11 is 0. The lowest BCUT2D eigenvalue weighted by atomic mass is 9.77. The Kier molecular flexibility index (Phi) is 6.81. The molecule has 3 N–H and O–H groups in total. The third kappa shape index (κ3) is 4.83. The quantitative estimate of drug-likeness (QED) is 0.489. The van der Waals surface area contributed by atoms with Crippen LogP contribution < -0.4 is 10.6 Å². The van der Waals surface area contributed by atoms with E-state index in [-0.39, 0.29) is 36.6 Å². The molecule has 0 aromatic heterocycles. The van der Waals surface area contributed by atoms with Gasteiger partial charge in [-0.05, 0) is 63.5 Å². The number of likely N-dealkylation sites (tertiary alicyclic amines) is 1. The van der Waals surface area contributed by atoms with E-state index < -0.39 is 41.1 Å². The summed E-state index contributed by atoms with van der Waals surface area (Å²) in [6, 6.07) is 6.93. The van der Waals surface area contributed by atoms with E-state index in [0.29, 0.717) is 12.1 Å². The third-order valence-electron chi connectivity index (χ3n) is 8.87. The number of nitrogens with one attached hydrogen (secondary N) is 2. The zero-order valence-corrected chi connectivity index (χ0v) is 22.8. The highest BCUT2D eigenvalue weighted by Crippen LogP contribution is 2.46.